The zero-order valence-corrected chi connectivity index (χ0v) is 10.9. The van der Waals surface area contributed by atoms with Crippen LogP contribution in [-0.4, -0.2) is 24.9 Å². The number of carbonyl (C=O) groups is 2. The van der Waals surface area contributed by atoms with E-state index < -0.39 is 0 Å². The van der Waals surface area contributed by atoms with Crippen molar-refractivity contribution in [2.24, 2.45) is 0 Å². The number of nitrogens with one attached hydrogen (secondary N) is 2. The summed E-state index contributed by atoms with van der Waals surface area (Å²) >= 11 is 0. The van der Waals surface area contributed by atoms with Gasteiger partial charge in [0.15, 0.2) is 0 Å². The van der Waals surface area contributed by atoms with E-state index in [1.807, 2.05) is 25.1 Å². The van der Waals surface area contributed by atoms with Gasteiger partial charge < -0.3 is 10.6 Å². The molecule has 1 rings (SSSR count). The molecule has 0 aliphatic carbocycles. The number of carbonyl (C=O) groups excluding carboxylic acids is 2. The fraction of sp³-hybridized carbons (Fsp3) is 0.357. The second-order valence-electron chi connectivity index (χ2n) is 4.11. The van der Waals surface area contributed by atoms with Gasteiger partial charge in [-0.15, -0.1) is 0 Å². The fourth-order valence-electron chi connectivity index (χ4n) is 1.58. The Morgan fingerprint density at radius 2 is 1.89 bits per heavy atom. The van der Waals surface area contributed by atoms with Gasteiger partial charge in [-0.3, -0.25) is 9.59 Å². The number of amides is 2. The van der Waals surface area contributed by atoms with Crippen molar-refractivity contribution >= 4 is 11.8 Å². The Morgan fingerprint density at radius 1 is 1.21 bits per heavy atom. The Bertz CT molecular complexity index is 492. The summed E-state index contributed by atoms with van der Waals surface area (Å²) in [7, 11) is 0. The summed E-state index contributed by atoms with van der Waals surface area (Å²) in [5.41, 5.74) is 1.60. The zero-order valence-electron chi connectivity index (χ0n) is 10.9. The van der Waals surface area contributed by atoms with Gasteiger partial charge in [0, 0.05) is 18.7 Å². The number of aryl methyl sites for hydroxylation is 1. The van der Waals surface area contributed by atoms with Gasteiger partial charge >= 0.3 is 0 Å². The van der Waals surface area contributed by atoms with Crippen LogP contribution in [0.3, 0.4) is 0 Å². The van der Waals surface area contributed by atoms with Crippen LogP contribution in [0.15, 0.2) is 24.3 Å². The van der Waals surface area contributed by atoms with Gasteiger partial charge in [0.25, 0.3) is 5.91 Å². The van der Waals surface area contributed by atoms with Crippen LogP contribution in [0.1, 0.15) is 28.8 Å². The van der Waals surface area contributed by atoms with Gasteiger partial charge in [-0.2, -0.15) is 5.26 Å². The number of hydrogen-bond acceptors (Lipinski definition) is 3. The molecule has 0 unspecified atom stereocenters. The van der Waals surface area contributed by atoms with Crippen LogP contribution in [0.25, 0.3) is 0 Å². The molecule has 2 N–H and O–H groups in total. The Hall–Kier alpha value is -2.35. The van der Waals surface area contributed by atoms with E-state index in [-0.39, 0.29) is 18.2 Å². The lowest BCUT2D eigenvalue weighted by molar-refractivity contribution is -0.120. The van der Waals surface area contributed by atoms with E-state index in [9.17, 15) is 9.59 Å². The minimum atomic E-state index is -0.285. The molecule has 19 heavy (non-hydrogen) atoms. The van der Waals surface area contributed by atoms with Crippen molar-refractivity contribution in [3.8, 4) is 6.07 Å². The lowest BCUT2D eigenvalue weighted by atomic mass is 10.1. The maximum absolute atomic E-state index is 11.8. The molecule has 1 aromatic carbocycles. The largest absolute Gasteiger partial charge is 0.355 e. The highest BCUT2D eigenvalue weighted by Crippen LogP contribution is 2.06. The van der Waals surface area contributed by atoms with E-state index in [0.717, 1.165) is 5.56 Å². The molecule has 0 saturated carbocycles. The zero-order chi connectivity index (χ0) is 14.1. The van der Waals surface area contributed by atoms with E-state index in [4.69, 9.17) is 5.26 Å². The number of rotatable bonds is 6. The molecule has 0 atom stereocenters. The molecule has 0 fully saturated rings. The first-order chi connectivity index (χ1) is 9.15. The Morgan fingerprint density at radius 3 is 2.58 bits per heavy atom. The van der Waals surface area contributed by atoms with Gasteiger partial charge in [-0.1, -0.05) is 18.2 Å². The first-order valence-electron chi connectivity index (χ1n) is 6.12. The molecule has 0 radical (unpaired) electrons. The highest BCUT2D eigenvalue weighted by Gasteiger charge is 2.06. The lowest BCUT2D eigenvalue weighted by Crippen LogP contribution is -2.29. The molecule has 0 aromatic heterocycles. The minimum Gasteiger partial charge on any atom is -0.355 e. The summed E-state index contributed by atoms with van der Waals surface area (Å²) in [5, 5.41) is 13.7. The van der Waals surface area contributed by atoms with Gasteiger partial charge in [-0.05, 0) is 25.0 Å². The van der Waals surface area contributed by atoms with Crippen molar-refractivity contribution in [2.75, 3.05) is 13.1 Å². The van der Waals surface area contributed by atoms with Crippen LogP contribution in [-0.2, 0) is 4.79 Å². The summed E-state index contributed by atoms with van der Waals surface area (Å²) in [4.78, 5) is 22.8. The molecule has 100 valence electrons. The number of hydrogen-bond donors (Lipinski definition) is 2. The topological polar surface area (TPSA) is 82.0 Å². The number of nitrogens with zero attached hydrogens (tertiary/aromatic N) is 1. The summed E-state index contributed by atoms with van der Waals surface area (Å²) in [6.07, 6.45) is 0.504. The first kappa shape index (κ1) is 14.7. The standard InChI is InChI=1S/C14H17N3O2/c1-11-5-2-3-6-12(11)14(19)17-10-4-9-16-13(18)7-8-15/h2-3,5-6H,4,7,9-10H2,1H3,(H,16,18)(H,17,19). The first-order valence-corrected chi connectivity index (χ1v) is 6.12. The fourth-order valence-corrected chi connectivity index (χ4v) is 1.58. The van der Waals surface area contributed by atoms with Crippen LogP contribution in [0.4, 0.5) is 0 Å². The van der Waals surface area contributed by atoms with Crippen LogP contribution in [0.5, 0.6) is 0 Å². The number of nitriles is 1. The van der Waals surface area contributed by atoms with Crippen molar-refractivity contribution in [2.45, 2.75) is 19.8 Å². The minimum absolute atomic E-state index is 0.110. The van der Waals surface area contributed by atoms with E-state index in [1.54, 1.807) is 12.1 Å². The molecule has 0 aliphatic rings. The van der Waals surface area contributed by atoms with Crippen molar-refractivity contribution in [3.63, 3.8) is 0 Å². The molecule has 0 saturated heterocycles. The van der Waals surface area contributed by atoms with Crippen LogP contribution in [0, 0.1) is 18.3 Å². The molecule has 1 aromatic rings. The SMILES string of the molecule is Cc1ccccc1C(=O)NCCCNC(=O)CC#N. The molecule has 0 spiro atoms. The third-order valence-electron chi connectivity index (χ3n) is 2.59. The Kier molecular flexibility index (Phi) is 6.10. The van der Waals surface area contributed by atoms with Crippen LogP contribution < -0.4 is 10.6 Å². The number of benzene rings is 1. The Labute approximate surface area is 112 Å². The van der Waals surface area contributed by atoms with Gasteiger partial charge in [-0.25, -0.2) is 0 Å². The smallest absolute Gasteiger partial charge is 0.251 e. The molecule has 0 bridgehead atoms. The lowest BCUT2D eigenvalue weighted by Gasteiger charge is -2.07. The summed E-state index contributed by atoms with van der Waals surface area (Å²) in [6, 6.07) is 9.14. The summed E-state index contributed by atoms with van der Waals surface area (Å²) in [5.74, 6) is -0.394. The van der Waals surface area contributed by atoms with Crippen molar-refractivity contribution < 1.29 is 9.59 Å². The quantitative estimate of drug-likeness (QED) is 0.752. The average molecular weight is 259 g/mol. The molecule has 5 heteroatoms. The van der Waals surface area contributed by atoms with E-state index in [1.165, 1.54) is 0 Å². The maximum atomic E-state index is 11.8. The molecule has 2 amide bonds. The maximum Gasteiger partial charge on any atom is 0.251 e. The highest BCUT2D eigenvalue weighted by atomic mass is 16.2. The molecule has 5 nitrogen and oxygen atoms in total. The van der Waals surface area contributed by atoms with Crippen molar-refractivity contribution in [1.82, 2.24) is 10.6 Å². The van der Waals surface area contributed by atoms with Crippen LogP contribution in [0.2, 0.25) is 0 Å². The molecular weight excluding hydrogens is 242 g/mol. The summed E-state index contributed by atoms with van der Waals surface area (Å²) in [6.45, 7) is 2.82. The van der Waals surface area contributed by atoms with Crippen molar-refractivity contribution in [3.05, 3.63) is 35.4 Å². The van der Waals surface area contributed by atoms with E-state index in [0.29, 0.717) is 25.1 Å². The summed E-state index contributed by atoms with van der Waals surface area (Å²) < 4.78 is 0. The third-order valence-corrected chi connectivity index (χ3v) is 2.59. The molecular formula is C14H17N3O2. The predicted molar refractivity (Wildman–Crippen MR) is 71.4 cm³/mol. The average Bonchev–Trinajstić information content (AvgIpc) is 2.39. The highest BCUT2D eigenvalue weighted by molar-refractivity contribution is 5.95. The predicted octanol–water partition coefficient (Wildman–Crippen LogP) is 1.14. The molecule has 0 heterocycles. The van der Waals surface area contributed by atoms with Crippen molar-refractivity contribution in [1.29, 1.82) is 5.26 Å². The molecule has 0 aliphatic heterocycles. The second-order valence-corrected chi connectivity index (χ2v) is 4.11. The van der Waals surface area contributed by atoms with E-state index >= 15 is 0 Å². The van der Waals surface area contributed by atoms with Gasteiger partial charge in [0.1, 0.15) is 6.42 Å². The third kappa shape index (κ3) is 5.21. The van der Waals surface area contributed by atoms with Crippen LogP contribution >= 0.6 is 0 Å². The van der Waals surface area contributed by atoms with Gasteiger partial charge in [0.2, 0.25) is 5.91 Å². The second kappa shape index (κ2) is 7.88. The monoisotopic (exact) mass is 259 g/mol. The normalized spacial score (nSPS) is 9.47. The van der Waals surface area contributed by atoms with Gasteiger partial charge in [0.05, 0.1) is 6.07 Å². The van der Waals surface area contributed by atoms with E-state index in [2.05, 4.69) is 10.6 Å². The Balaban J connectivity index is 2.24.